The minimum atomic E-state index is -0.816. The molecule has 0 spiro atoms. The number of amides is 3. The van der Waals surface area contributed by atoms with E-state index in [9.17, 15) is 18.8 Å². The molecule has 6 nitrogen and oxygen atoms in total. The molecule has 1 atom stereocenters. The van der Waals surface area contributed by atoms with Gasteiger partial charge in [0.15, 0.2) is 0 Å². The van der Waals surface area contributed by atoms with Crippen molar-refractivity contribution in [1.82, 2.24) is 10.6 Å². The van der Waals surface area contributed by atoms with Crippen LogP contribution in [0.1, 0.15) is 23.2 Å². The molecule has 0 bridgehead atoms. The van der Waals surface area contributed by atoms with Crippen molar-refractivity contribution >= 4 is 23.4 Å². The number of piperidine rings is 1. The van der Waals surface area contributed by atoms with E-state index in [4.69, 9.17) is 0 Å². The monoisotopic (exact) mass is 266 g/mol. The smallest absolute Gasteiger partial charge is 0.254 e. The van der Waals surface area contributed by atoms with Crippen LogP contribution in [0.15, 0.2) is 18.2 Å². The number of quaternary nitrogens is 1. The molecule has 7 heteroatoms. The summed E-state index contributed by atoms with van der Waals surface area (Å²) in [6, 6.07) is 3.13. The van der Waals surface area contributed by atoms with Crippen LogP contribution in [-0.2, 0) is 9.59 Å². The molecule has 0 unspecified atom stereocenters. The lowest BCUT2D eigenvalue weighted by atomic mass is 10.1. The molecule has 1 aromatic carbocycles. The third-order valence-electron chi connectivity index (χ3n) is 2.82. The number of hydrogen-bond donors (Lipinski definition) is 3. The molecule has 1 aromatic rings. The molecular weight excluding hydrogens is 253 g/mol. The van der Waals surface area contributed by atoms with Crippen LogP contribution < -0.4 is 16.4 Å². The maximum Gasteiger partial charge on any atom is 0.254 e. The Morgan fingerprint density at radius 3 is 2.79 bits per heavy atom. The largest absolute Gasteiger partial charge is 0.340 e. The second-order valence-electron chi connectivity index (χ2n) is 4.29. The van der Waals surface area contributed by atoms with Crippen LogP contribution in [0.5, 0.6) is 0 Å². The van der Waals surface area contributed by atoms with E-state index in [0.29, 0.717) is 5.69 Å². The highest BCUT2D eigenvalue weighted by molar-refractivity contribution is 6.03. The number of nitrogens with one attached hydrogen (secondary N) is 2. The number of carbonyl (C=O) groups is 3. The van der Waals surface area contributed by atoms with Gasteiger partial charge in [0.05, 0.1) is 5.56 Å². The van der Waals surface area contributed by atoms with Crippen LogP contribution >= 0.6 is 0 Å². The van der Waals surface area contributed by atoms with Crippen LogP contribution in [0, 0.1) is 5.82 Å². The maximum atomic E-state index is 13.6. The van der Waals surface area contributed by atoms with E-state index in [1.165, 1.54) is 12.1 Å². The average molecular weight is 266 g/mol. The molecule has 0 saturated carbocycles. The van der Waals surface area contributed by atoms with Gasteiger partial charge in [0.25, 0.3) is 5.91 Å². The van der Waals surface area contributed by atoms with E-state index in [-0.39, 0.29) is 24.3 Å². The van der Waals surface area contributed by atoms with Gasteiger partial charge < -0.3 is 11.1 Å². The zero-order valence-corrected chi connectivity index (χ0v) is 10.0. The van der Waals surface area contributed by atoms with Crippen molar-refractivity contribution in [2.45, 2.75) is 18.9 Å². The number of carbonyl (C=O) groups excluding carboxylic acids is 3. The third-order valence-corrected chi connectivity index (χ3v) is 2.82. The topological polar surface area (TPSA) is 103 Å². The van der Waals surface area contributed by atoms with Gasteiger partial charge in [-0.15, -0.1) is 0 Å². The van der Waals surface area contributed by atoms with E-state index in [0.717, 1.165) is 6.07 Å². The molecule has 5 N–H and O–H groups in total. The summed E-state index contributed by atoms with van der Waals surface area (Å²) in [5.41, 5.74) is 3.84. The van der Waals surface area contributed by atoms with Crippen molar-refractivity contribution < 1.29 is 24.5 Å². The van der Waals surface area contributed by atoms with Gasteiger partial charge in [-0.25, -0.2) is 4.39 Å². The summed E-state index contributed by atoms with van der Waals surface area (Å²) in [6.07, 6.45) is 0.364. The van der Waals surface area contributed by atoms with Crippen molar-refractivity contribution in [3.05, 3.63) is 29.6 Å². The molecule has 0 radical (unpaired) electrons. The predicted octanol–water partition coefficient (Wildman–Crippen LogP) is -0.766. The Morgan fingerprint density at radius 2 is 2.16 bits per heavy atom. The first-order valence-electron chi connectivity index (χ1n) is 5.73. The molecule has 100 valence electrons. The number of imide groups is 1. The molecule has 3 amide bonds. The standard InChI is InChI=1S/C12H12FN3O3/c13-8-5-6(14)1-2-7(8)11(18)15-9-3-4-10(17)16-12(9)19/h1-2,5,9H,3-4,14H2,(H,15,18)(H,16,17,19)/p+1/t9-/m1/s1. The van der Waals surface area contributed by atoms with Crippen LogP contribution in [0.25, 0.3) is 0 Å². The predicted molar refractivity (Wildman–Crippen MR) is 62.6 cm³/mol. The molecule has 2 rings (SSSR count). The number of hydrogen-bond acceptors (Lipinski definition) is 3. The highest BCUT2D eigenvalue weighted by atomic mass is 19.1. The zero-order valence-electron chi connectivity index (χ0n) is 10.0. The van der Waals surface area contributed by atoms with Crippen molar-refractivity contribution in [3.8, 4) is 0 Å². The van der Waals surface area contributed by atoms with Gasteiger partial charge in [-0.2, -0.15) is 0 Å². The summed E-state index contributed by atoms with van der Waals surface area (Å²) in [5.74, 6) is -2.33. The summed E-state index contributed by atoms with van der Waals surface area (Å²) in [6.45, 7) is 0. The summed E-state index contributed by atoms with van der Waals surface area (Å²) in [5, 5.41) is 4.52. The van der Waals surface area contributed by atoms with E-state index in [1.807, 2.05) is 0 Å². The first kappa shape index (κ1) is 13.2. The third kappa shape index (κ3) is 2.94. The SMILES string of the molecule is [NH3+]c1ccc(C(=O)N[C@@H]2CCC(=O)NC2=O)c(F)c1. The fourth-order valence-electron chi connectivity index (χ4n) is 1.81. The second-order valence-corrected chi connectivity index (χ2v) is 4.29. The van der Waals surface area contributed by atoms with Crippen molar-refractivity contribution in [2.24, 2.45) is 0 Å². The van der Waals surface area contributed by atoms with Gasteiger partial charge in [-0.3, -0.25) is 19.7 Å². The van der Waals surface area contributed by atoms with Gasteiger partial charge in [-0.05, 0) is 18.6 Å². The zero-order chi connectivity index (χ0) is 14.0. The Bertz CT molecular complexity index is 559. The average Bonchev–Trinajstić information content (AvgIpc) is 2.32. The summed E-state index contributed by atoms with van der Waals surface area (Å²) in [4.78, 5) is 34.3. The molecular formula is C12H13FN3O3+. The molecule has 1 aliphatic rings. The van der Waals surface area contributed by atoms with E-state index in [1.54, 1.807) is 0 Å². The summed E-state index contributed by atoms with van der Waals surface area (Å²) < 4.78 is 13.6. The van der Waals surface area contributed by atoms with Gasteiger partial charge in [0.1, 0.15) is 17.5 Å². The van der Waals surface area contributed by atoms with E-state index < -0.39 is 23.7 Å². The number of benzene rings is 1. The van der Waals surface area contributed by atoms with Gasteiger partial charge in [0.2, 0.25) is 11.8 Å². The Labute approximate surface area is 108 Å². The molecule has 1 aliphatic heterocycles. The van der Waals surface area contributed by atoms with E-state index >= 15 is 0 Å². The fraction of sp³-hybridized carbons (Fsp3) is 0.250. The Kier molecular flexibility index (Phi) is 3.57. The van der Waals surface area contributed by atoms with Crippen LogP contribution in [0.4, 0.5) is 10.1 Å². The number of halogens is 1. The molecule has 0 aromatic heterocycles. The lowest BCUT2D eigenvalue weighted by Gasteiger charge is -2.21. The fourth-order valence-corrected chi connectivity index (χ4v) is 1.81. The lowest BCUT2D eigenvalue weighted by Crippen LogP contribution is -2.52. The number of rotatable bonds is 2. The Balaban J connectivity index is 2.09. The van der Waals surface area contributed by atoms with Crippen molar-refractivity contribution in [1.29, 1.82) is 0 Å². The minimum absolute atomic E-state index is 0.150. The van der Waals surface area contributed by atoms with Crippen LogP contribution in [0.2, 0.25) is 0 Å². The normalized spacial score (nSPS) is 18.9. The van der Waals surface area contributed by atoms with Gasteiger partial charge >= 0.3 is 0 Å². The first-order chi connectivity index (χ1) is 8.97. The Hall–Kier alpha value is -2.28. The van der Waals surface area contributed by atoms with E-state index in [2.05, 4.69) is 16.4 Å². The lowest BCUT2D eigenvalue weighted by molar-refractivity contribution is -0.255. The van der Waals surface area contributed by atoms with Crippen LogP contribution in [-0.4, -0.2) is 23.8 Å². The summed E-state index contributed by atoms with van der Waals surface area (Å²) in [7, 11) is 0. The van der Waals surface area contributed by atoms with Gasteiger partial charge in [0, 0.05) is 12.5 Å². The maximum absolute atomic E-state index is 13.6. The van der Waals surface area contributed by atoms with Crippen molar-refractivity contribution in [3.63, 3.8) is 0 Å². The Morgan fingerprint density at radius 1 is 1.42 bits per heavy atom. The molecule has 0 aliphatic carbocycles. The first-order valence-corrected chi connectivity index (χ1v) is 5.73. The van der Waals surface area contributed by atoms with Gasteiger partial charge in [-0.1, -0.05) is 0 Å². The second kappa shape index (κ2) is 5.15. The van der Waals surface area contributed by atoms with Crippen LogP contribution in [0.3, 0.4) is 0 Å². The molecule has 1 heterocycles. The quantitative estimate of drug-likeness (QED) is 0.613. The summed E-state index contributed by atoms with van der Waals surface area (Å²) >= 11 is 0. The molecule has 19 heavy (non-hydrogen) atoms. The highest BCUT2D eigenvalue weighted by Crippen LogP contribution is 2.12. The van der Waals surface area contributed by atoms with Crippen molar-refractivity contribution in [2.75, 3.05) is 0 Å². The molecule has 1 fully saturated rings. The minimum Gasteiger partial charge on any atom is -0.340 e. The molecule has 1 saturated heterocycles. The highest BCUT2D eigenvalue weighted by Gasteiger charge is 2.28.